The molecule has 1 aliphatic carbocycles. The number of hydrogen-bond acceptors (Lipinski definition) is 3. The van der Waals surface area contributed by atoms with Crippen LogP contribution in [0.5, 0.6) is 0 Å². The van der Waals surface area contributed by atoms with Crippen molar-refractivity contribution in [1.82, 2.24) is 19.5 Å². The Morgan fingerprint density at radius 1 is 0.339 bits per heavy atom. The normalized spacial score (nSPS) is 12.6. The third-order valence-electron chi connectivity index (χ3n) is 12.5. The predicted octanol–water partition coefficient (Wildman–Crippen LogP) is 14.0. The third kappa shape index (κ3) is 5.58. The second-order valence-electron chi connectivity index (χ2n) is 15.9. The van der Waals surface area contributed by atoms with Crippen LogP contribution in [0.2, 0.25) is 0 Å². The second kappa shape index (κ2) is 14.5. The van der Waals surface area contributed by atoms with Crippen LogP contribution in [0.4, 0.5) is 0 Å². The van der Waals surface area contributed by atoms with Crippen molar-refractivity contribution in [3.8, 4) is 62.1 Å². The monoisotopic (exact) mass is 790 g/mol. The quantitative estimate of drug-likeness (QED) is 0.161. The van der Waals surface area contributed by atoms with Gasteiger partial charge in [-0.3, -0.25) is 0 Å². The van der Waals surface area contributed by atoms with Crippen LogP contribution in [-0.4, -0.2) is 19.5 Å². The average molecular weight is 791 g/mol. The zero-order valence-corrected chi connectivity index (χ0v) is 33.7. The van der Waals surface area contributed by atoms with Gasteiger partial charge in [0.2, 0.25) is 0 Å². The van der Waals surface area contributed by atoms with Gasteiger partial charge < -0.3 is 4.57 Å². The minimum Gasteiger partial charge on any atom is -0.309 e. The van der Waals surface area contributed by atoms with E-state index >= 15 is 0 Å². The molecule has 4 nitrogen and oxygen atoms in total. The van der Waals surface area contributed by atoms with E-state index in [0.29, 0.717) is 17.5 Å². The van der Waals surface area contributed by atoms with Gasteiger partial charge in [-0.2, -0.15) is 0 Å². The van der Waals surface area contributed by atoms with Crippen molar-refractivity contribution in [1.29, 1.82) is 0 Å². The largest absolute Gasteiger partial charge is 0.309 e. The van der Waals surface area contributed by atoms with Crippen LogP contribution in [0.3, 0.4) is 0 Å². The van der Waals surface area contributed by atoms with Gasteiger partial charge in [0.25, 0.3) is 0 Å². The van der Waals surface area contributed by atoms with Gasteiger partial charge in [-0.15, -0.1) is 0 Å². The van der Waals surface area contributed by atoms with Crippen LogP contribution in [0.25, 0.3) is 83.9 Å². The lowest BCUT2D eigenvalue weighted by Crippen LogP contribution is -2.29. The highest BCUT2D eigenvalue weighted by Gasteiger charge is 2.48. The summed E-state index contributed by atoms with van der Waals surface area (Å²) in [7, 11) is 0. The van der Waals surface area contributed by atoms with E-state index in [0.717, 1.165) is 33.5 Å². The molecule has 0 amide bonds. The van der Waals surface area contributed by atoms with E-state index in [1.165, 1.54) is 55.2 Å². The van der Waals surface area contributed by atoms with Gasteiger partial charge >= 0.3 is 0 Å². The molecule has 11 aromatic rings. The van der Waals surface area contributed by atoms with Gasteiger partial charge in [0, 0.05) is 38.7 Å². The lowest BCUT2D eigenvalue weighted by atomic mass is 9.67. The zero-order valence-electron chi connectivity index (χ0n) is 33.7. The highest BCUT2D eigenvalue weighted by molar-refractivity contribution is 6.14. The molecule has 0 fully saturated rings. The second-order valence-corrected chi connectivity index (χ2v) is 15.9. The van der Waals surface area contributed by atoms with Crippen LogP contribution < -0.4 is 0 Å². The van der Waals surface area contributed by atoms with Crippen LogP contribution in [0, 0.1) is 0 Å². The van der Waals surface area contributed by atoms with Crippen LogP contribution in [0.1, 0.15) is 22.3 Å². The summed E-state index contributed by atoms with van der Waals surface area (Å²) in [6, 6.07) is 82.3. The van der Waals surface area contributed by atoms with Gasteiger partial charge in [-0.25, -0.2) is 15.0 Å². The molecule has 2 heterocycles. The van der Waals surface area contributed by atoms with Gasteiger partial charge in [0.15, 0.2) is 17.5 Å². The fourth-order valence-electron chi connectivity index (χ4n) is 9.83. The summed E-state index contributed by atoms with van der Waals surface area (Å²) >= 11 is 0. The van der Waals surface area contributed by atoms with Crippen LogP contribution >= 0.6 is 0 Å². The summed E-state index contributed by atoms with van der Waals surface area (Å²) in [6.45, 7) is 0. The maximum atomic E-state index is 5.20. The topological polar surface area (TPSA) is 43.6 Å². The Balaban J connectivity index is 1.10. The van der Waals surface area contributed by atoms with Crippen molar-refractivity contribution in [2.45, 2.75) is 5.41 Å². The molecule has 0 bridgehead atoms. The Kier molecular flexibility index (Phi) is 8.36. The molecule has 12 rings (SSSR count). The maximum Gasteiger partial charge on any atom is 0.164 e. The minimum atomic E-state index is -0.582. The number of hydrogen-bond donors (Lipinski definition) is 0. The molecule has 0 saturated carbocycles. The number of benzene rings is 9. The Morgan fingerprint density at radius 3 is 1.52 bits per heavy atom. The Labute approximate surface area is 360 Å². The third-order valence-corrected chi connectivity index (χ3v) is 12.5. The van der Waals surface area contributed by atoms with E-state index in [1.54, 1.807) is 0 Å². The first-order valence-corrected chi connectivity index (χ1v) is 21.1. The van der Waals surface area contributed by atoms with Gasteiger partial charge in [0.05, 0.1) is 16.4 Å². The number of fused-ring (bicyclic) bond motifs is 7. The molecular weight excluding hydrogens is 753 g/mol. The number of aromatic nitrogens is 4. The summed E-state index contributed by atoms with van der Waals surface area (Å²) < 4.78 is 2.47. The molecule has 0 N–H and O–H groups in total. The smallest absolute Gasteiger partial charge is 0.164 e. The molecule has 0 saturated heterocycles. The lowest BCUT2D eigenvalue weighted by Gasteiger charge is -2.34. The van der Waals surface area contributed by atoms with Gasteiger partial charge in [0.1, 0.15) is 0 Å². The summed E-state index contributed by atoms with van der Waals surface area (Å²) in [5.74, 6) is 1.87. The minimum absolute atomic E-state index is 0.582. The molecule has 1 aliphatic rings. The highest BCUT2D eigenvalue weighted by Crippen LogP contribution is 2.59. The van der Waals surface area contributed by atoms with Gasteiger partial charge in [-0.1, -0.05) is 212 Å². The number of nitrogens with zero attached hydrogens (tertiary/aromatic N) is 4. The first-order chi connectivity index (χ1) is 30.8. The van der Waals surface area contributed by atoms with E-state index < -0.39 is 5.41 Å². The molecule has 290 valence electrons. The molecule has 4 heteroatoms. The van der Waals surface area contributed by atoms with Crippen molar-refractivity contribution in [3.05, 3.63) is 253 Å². The standard InChI is InChI=1S/C58H38N4/c1-5-18-39(19-6-1)40-32-34-42(35-33-40)56-59-55(41-20-7-2-8-21-41)60-57(61-56)43-22-17-27-46(38-43)62-52-31-16-14-29-48(52)50-37-36-49-47-28-13-15-30-51(47)58(53(49)54(50)62,44-23-9-3-10-24-44)45-25-11-4-12-26-45/h1-38H. The predicted molar refractivity (Wildman–Crippen MR) is 253 cm³/mol. The molecule has 9 aromatic carbocycles. The molecule has 2 aromatic heterocycles. The average Bonchev–Trinajstić information content (AvgIpc) is 3.86. The molecular formula is C58H38N4. The lowest BCUT2D eigenvalue weighted by molar-refractivity contribution is 0.772. The highest BCUT2D eigenvalue weighted by atomic mass is 15.0. The summed E-state index contributed by atoms with van der Waals surface area (Å²) in [5, 5.41) is 2.41. The Morgan fingerprint density at radius 2 is 0.839 bits per heavy atom. The number of para-hydroxylation sites is 1. The fourth-order valence-corrected chi connectivity index (χ4v) is 9.83. The van der Waals surface area contributed by atoms with Crippen molar-refractivity contribution in [2.75, 3.05) is 0 Å². The summed E-state index contributed by atoms with van der Waals surface area (Å²) in [4.78, 5) is 15.4. The van der Waals surface area contributed by atoms with Crippen molar-refractivity contribution in [2.24, 2.45) is 0 Å². The summed E-state index contributed by atoms with van der Waals surface area (Å²) in [6.07, 6.45) is 0. The molecule has 62 heavy (non-hydrogen) atoms. The summed E-state index contributed by atoms with van der Waals surface area (Å²) in [5.41, 5.74) is 15.4. The first-order valence-electron chi connectivity index (χ1n) is 21.1. The van der Waals surface area contributed by atoms with Crippen molar-refractivity contribution < 1.29 is 0 Å². The zero-order chi connectivity index (χ0) is 41.0. The van der Waals surface area contributed by atoms with Gasteiger partial charge in [-0.05, 0) is 57.1 Å². The molecule has 0 unspecified atom stereocenters. The fraction of sp³-hybridized carbons (Fsp3) is 0.0172. The molecule has 0 radical (unpaired) electrons. The SMILES string of the molecule is c1ccc(-c2ccc(-c3nc(-c4ccccc4)nc(-c4cccc(-n5c6ccccc6c6ccc7c(c65)C(c5ccccc5)(c5ccccc5)c5ccccc5-7)c4)n3)cc2)cc1. The first kappa shape index (κ1) is 35.7. The van der Waals surface area contributed by atoms with E-state index in [9.17, 15) is 0 Å². The van der Waals surface area contributed by atoms with E-state index in [1.807, 2.05) is 24.3 Å². The molecule has 0 spiro atoms. The Hall–Kier alpha value is -8.21. The Bertz CT molecular complexity index is 3390. The van der Waals surface area contributed by atoms with E-state index in [4.69, 9.17) is 15.0 Å². The van der Waals surface area contributed by atoms with E-state index in [-0.39, 0.29) is 0 Å². The van der Waals surface area contributed by atoms with Crippen LogP contribution in [0.15, 0.2) is 231 Å². The van der Waals surface area contributed by atoms with E-state index in [2.05, 4.69) is 211 Å². The van der Waals surface area contributed by atoms with Crippen LogP contribution in [-0.2, 0) is 5.41 Å². The number of rotatable bonds is 7. The molecule has 0 atom stereocenters. The van der Waals surface area contributed by atoms with Crippen molar-refractivity contribution in [3.63, 3.8) is 0 Å². The molecule has 0 aliphatic heterocycles. The van der Waals surface area contributed by atoms with Crippen molar-refractivity contribution >= 4 is 21.8 Å². The maximum absolute atomic E-state index is 5.20.